The van der Waals surface area contributed by atoms with E-state index in [-0.39, 0.29) is 105 Å². The number of ether oxygens (including phenoxy) is 5. The van der Waals surface area contributed by atoms with Gasteiger partial charge in [0.25, 0.3) is 11.8 Å². The van der Waals surface area contributed by atoms with Gasteiger partial charge < -0.3 is 74.9 Å². The Morgan fingerprint density at radius 2 is 1.54 bits per heavy atom. The number of benzene rings is 3. The van der Waals surface area contributed by atoms with Gasteiger partial charge in [-0.25, -0.2) is 10.8 Å². The zero-order chi connectivity index (χ0) is 57.7. The number of nitrogen functional groups attached to an aromatic ring is 1. The highest BCUT2D eigenvalue weighted by atomic mass is 16.5. The first-order valence-electron chi connectivity index (χ1n) is 27.6. The monoisotopic (exact) mass is 1120 g/mol. The van der Waals surface area contributed by atoms with E-state index in [9.17, 15) is 24.0 Å². The lowest BCUT2D eigenvalue weighted by molar-refractivity contribution is -0.142. The van der Waals surface area contributed by atoms with Crippen LogP contribution in [0.3, 0.4) is 0 Å². The summed E-state index contributed by atoms with van der Waals surface area (Å²) in [5.41, 5.74) is 9.94. The molecule has 1 unspecified atom stereocenters. The lowest BCUT2D eigenvalue weighted by atomic mass is 9.83. The number of rotatable bonds is 23. The number of fused-ring (bicyclic) bond motifs is 1. The topological polar surface area (TPSA) is 279 Å². The van der Waals surface area contributed by atoms with Gasteiger partial charge in [0.1, 0.15) is 24.1 Å². The van der Waals surface area contributed by atoms with Crippen LogP contribution < -0.4 is 57.0 Å². The maximum Gasteiger partial charge on any atom is 0.271 e. The highest BCUT2D eigenvalue weighted by Gasteiger charge is 2.40. The predicted molar refractivity (Wildman–Crippen MR) is 308 cm³/mol. The number of carbonyl (C=O) groups is 5. The van der Waals surface area contributed by atoms with Crippen LogP contribution in [-0.2, 0) is 30.9 Å². The van der Waals surface area contributed by atoms with Gasteiger partial charge >= 0.3 is 0 Å². The number of nitrogens with one attached hydrogen (secondary N) is 4. The molecule has 5 amide bonds. The fourth-order valence-electron chi connectivity index (χ4n) is 10.7. The molecule has 0 spiro atoms. The van der Waals surface area contributed by atoms with Crippen molar-refractivity contribution in [2.24, 2.45) is 18.8 Å². The Morgan fingerprint density at radius 1 is 0.827 bits per heavy atom. The largest absolute Gasteiger partial charge is 0.497 e. The molecule has 436 valence electrons. The molecule has 0 bridgehead atoms. The maximum atomic E-state index is 14.6. The van der Waals surface area contributed by atoms with Crippen LogP contribution in [0.2, 0.25) is 0 Å². The summed E-state index contributed by atoms with van der Waals surface area (Å²) in [6.45, 7) is 7.41. The highest BCUT2D eigenvalue weighted by Crippen LogP contribution is 2.36. The number of amides is 5. The van der Waals surface area contributed by atoms with Gasteiger partial charge in [-0.1, -0.05) is 19.3 Å². The van der Waals surface area contributed by atoms with Crippen molar-refractivity contribution >= 4 is 75.0 Å². The van der Waals surface area contributed by atoms with Gasteiger partial charge in [-0.15, -0.1) is 0 Å². The van der Waals surface area contributed by atoms with E-state index in [1.807, 2.05) is 31.2 Å². The van der Waals surface area contributed by atoms with Crippen molar-refractivity contribution in [3.05, 3.63) is 78.1 Å². The molecular formula is C57H78N14O10. The number of likely N-dealkylation sites (N-methyl/N-ethyl adjacent to an activating group) is 1. The second-order valence-corrected chi connectivity index (χ2v) is 20.5. The molecule has 8 rings (SSSR count). The Kier molecular flexibility index (Phi) is 20.1. The Hall–Kier alpha value is -7.93. The molecule has 2 saturated heterocycles. The third kappa shape index (κ3) is 14.0. The van der Waals surface area contributed by atoms with Crippen LogP contribution in [0.15, 0.2) is 66.9 Å². The minimum Gasteiger partial charge on any atom is -0.497 e. The average Bonchev–Trinajstić information content (AvgIpc) is 4.02. The van der Waals surface area contributed by atoms with Gasteiger partial charge in [-0.05, 0) is 88.2 Å². The fraction of sp³-hybridized carbons (Fsp3) is 0.491. The molecule has 3 aromatic carbocycles. The summed E-state index contributed by atoms with van der Waals surface area (Å²) in [5.74, 6) is 7.47. The number of hydrazine groups is 1. The Labute approximate surface area is 472 Å². The summed E-state index contributed by atoms with van der Waals surface area (Å²) < 4.78 is 29.4. The number of methoxy groups -OCH3 is 3. The molecule has 81 heavy (non-hydrogen) atoms. The molecule has 5 aromatic rings. The second kappa shape index (κ2) is 27.5. The van der Waals surface area contributed by atoms with Crippen LogP contribution in [0.4, 0.5) is 34.5 Å². The smallest absolute Gasteiger partial charge is 0.271 e. The minimum absolute atomic E-state index is 0.0399. The molecule has 0 radical (unpaired) electrons. The summed E-state index contributed by atoms with van der Waals surface area (Å²) in [5, 5.41) is 14.1. The number of piperazine rings is 2. The molecular weight excluding hydrogens is 1040 g/mol. The van der Waals surface area contributed by atoms with Crippen LogP contribution >= 0.6 is 0 Å². The van der Waals surface area contributed by atoms with Crippen LogP contribution in [0, 0.1) is 5.92 Å². The fourth-order valence-corrected chi connectivity index (χ4v) is 10.7. The van der Waals surface area contributed by atoms with Crippen LogP contribution in [0.5, 0.6) is 17.2 Å². The number of nitrogens with two attached hydrogens (primary N) is 2. The van der Waals surface area contributed by atoms with Crippen molar-refractivity contribution in [3.63, 3.8) is 0 Å². The lowest BCUT2D eigenvalue weighted by Gasteiger charge is -2.43. The molecule has 8 N–H and O–H groups in total. The van der Waals surface area contributed by atoms with Crippen molar-refractivity contribution < 1.29 is 47.7 Å². The zero-order valence-electron chi connectivity index (χ0n) is 47.5. The first-order valence-corrected chi connectivity index (χ1v) is 27.6. The molecule has 1 aliphatic carbocycles. The predicted octanol–water partition coefficient (Wildman–Crippen LogP) is 3.79. The summed E-state index contributed by atoms with van der Waals surface area (Å²) >= 11 is 0. The molecule has 24 nitrogen and oxygen atoms in total. The Balaban J connectivity index is 0.770. The van der Waals surface area contributed by atoms with Gasteiger partial charge in [0.2, 0.25) is 23.7 Å². The van der Waals surface area contributed by atoms with Crippen LogP contribution in [0.1, 0.15) is 66.8 Å². The molecule has 3 fully saturated rings. The molecule has 3 aliphatic rings. The van der Waals surface area contributed by atoms with E-state index in [1.165, 1.54) is 11.2 Å². The highest BCUT2D eigenvalue weighted by molar-refractivity contribution is 6.16. The van der Waals surface area contributed by atoms with Crippen LogP contribution in [0.25, 0.3) is 10.9 Å². The molecule has 4 heterocycles. The summed E-state index contributed by atoms with van der Waals surface area (Å²) in [6.07, 6.45) is 6.35. The average molecular weight is 1120 g/mol. The van der Waals surface area contributed by atoms with Gasteiger partial charge in [0, 0.05) is 94.3 Å². The van der Waals surface area contributed by atoms with E-state index in [0.29, 0.717) is 71.8 Å². The Morgan fingerprint density at radius 3 is 2.23 bits per heavy atom. The van der Waals surface area contributed by atoms with Crippen molar-refractivity contribution in [1.29, 1.82) is 0 Å². The Bertz CT molecular complexity index is 3000. The second-order valence-electron chi connectivity index (χ2n) is 20.5. The summed E-state index contributed by atoms with van der Waals surface area (Å²) in [7, 11) is 8.12. The van der Waals surface area contributed by atoms with E-state index in [0.717, 1.165) is 43.5 Å². The van der Waals surface area contributed by atoms with Gasteiger partial charge in [-0.3, -0.25) is 29.0 Å². The molecule has 24 heteroatoms. The van der Waals surface area contributed by atoms with Gasteiger partial charge in [0.15, 0.2) is 17.3 Å². The van der Waals surface area contributed by atoms with E-state index in [2.05, 4.69) is 36.1 Å². The van der Waals surface area contributed by atoms with Crippen molar-refractivity contribution in [1.82, 2.24) is 45.2 Å². The quantitative estimate of drug-likeness (QED) is 0.0308. The van der Waals surface area contributed by atoms with E-state index >= 15 is 0 Å². The van der Waals surface area contributed by atoms with E-state index < -0.39 is 18.0 Å². The number of anilines is 6. The number of aryl methyl sites for hydroxylation is 1. The number of hydrogen-bond donors (Lipinski definition) is 6. The maximum absolute atomic E-state index is 14.6. The summed E-state index contributed by atoms with van der Waals surface area (Å²) in [6, 6.07) is 16.9. The van der Waals surface area contributed by atoms with Crippen molar-refractivity contribution in [2.45, 2.75) is 64.1 Å². The number of nitrogens with zero attached hydrogens (tertiary/aromatic N) is 8. The summed E-state index contributed by atoms with van der Waals surface area (Å²) in [4.78, 5) is 85.6. The van der Waals surface area contributed by atoms with Crippen molar-refractivity contribution in [3.8, 4) is 17.2 Å². The standard InChI is InChI=1S/C57H78N14O10/c1-36-34-69(26-27-70(36)55(75)50(38-11-9-8-10-12-38)64-53(73)37(2)60-3)56(76)51-49(43-19-18-42(77-5)32-45(43)66(51)4)54(74)61-21-28-80-29-30-81-35-48(72)68-24-22-67(23-25-68)40-15-13-39(14-16-40)63-57-62-33-44(58)52(65-57)71(59)41-17-20-46(78-6)47(31-41)79-7/h13-20,31-33,36-38,50,60H,8-12,21-30,34-35,58-59H2,1-7H3,(H,61,74)(H,64,73)(H,62,63,65)/t36-,37+,50?/m1/s1. The SMILES string of the molecule is CN[C@@H](C)C(=O)NC(C(=O)N1CCN(C(=O)c2c(C(=O)NCCOCCOCC(=O)N3CCN(c4ccc(Nc5ncc(N)c(N(N)c6ccc(OC)c(OC)c6)n5)cc4)CC3)c3ccc(OC)cc3n2C)C[C@H]1C)C1CCCCC1. The van der Waals surface area contributed by atoms with Gasteiger partial charge in [0.05, 0.1) is 75.8 Å². The number of carbonyl (C=O) groups excluding carboxylic acids is 5. The molecule has 3 atom stereocenters. The van der Waals surface area contributed by atoms with Crippen LogP contribution in [-0.4, -0.2) is 184 Å². The van der Waals surface area contributed by atoms with E-state index in [1.54, 1.807) is 98.0 Å². The van der Waals surface area contributed by atoms with E-state index in [4.69, 9.17) is 35.3 Å². The first-order chi connectivity index (χ1) is 39.1. The van der Waals surface area contributed by atoms with Gasteiger partial charge in [-0.2, -0.15) is 4.98 Å². The first kappa shape index (κ1) is 59.2. The third-order valence-corrected chi connectivity index (χ3v) is 15.5. The number of hydrogen-bond acceptors (Lipinski definition) is 18. The minimum atomic E-state index is -0.649. The third-order valence-electron chi connectivity index (χ3n) is 15.5. The zero-order valence-corrected chi connectivity index (χ0v) is 47.5. The molecule has 2 aromatic heterocycles. The molecule has 2 aliphatic heterocycles. The lowest BCUT2D eigenvalue weighted by Crippen LogP contribution is -2.62. The molecule has 1 saturated carbocycles. The normalized spacial score (nSPS) is 16.6. The van der Waals surface area contributed by atoms with Crippen molar-refractivity contribution in [2.75, 3.05) is 128 Å². The number of aromatic nitrogens is 3.